The summed E-state index contributed by atoms with van der Waals surface area (Å²) in [6.07, 6.45) is 7.98. The van der Waals surface area contributed by atoms with Gasteiger partial charge in [-0.25, -0.2) is 0 Å². The van der Waals surface area contributed by atoms with Crippen molar-refractivity contribution >= 4 is 0 Å². The van der Waals surface area contributed by atoms with Crippen LogP contribution in [0.5, 0.6) is 0 Å². The first-order chi connectivity index (χ1) is 8.11. The molecule has 3 N–H and O–H groups in total. The molecular weight excluding hydrogens is 214 g/mol. The van der Waals surface area contributed by atoms with Gasteiger partial charge in [-0.2, -0.15) is 0 Å². The zero-order chi connectivity index (χ0) is 12.7. The molecule has 3 unspecified atom stereocenters. The predicted molar refractivity (Wildman–Crippen MR) is 70.9 cm³/mol. The summed E-state index contributed by atoms with van der Waals surface area (Å²) < 4.78 is 5.93. The summed E-state index contributed by atoms with van der Waals surface area (Å²) in [5.74, 6) is 0.698. The van der Waals surface area contributed by atoms with Gasteiger partial charge in [0, 0.05) is 13.2 Å². The Balaban J connectivity index is 2.15. The summed E-state index contributed by atoms with van der Waals surface area (Å²) in [6, 6.07) is 0. The minimum absolute atomic E-state index is 0.351. The molecule has 1 aliphatic rings. The van der Waals surface area contributed by atoms with Crippen LogP contribution in [0.1, 0.15) is 58.8 Å². The fourth-order valence-corrected chi connectivity index (χ4v) is 2.59. The fraction of sp³-hybridized carbons (Fsp3) is 1.00. The van der Waals surface area contributed by atoms with Crippen LogP contribution in [0.25, 0.3) is 0 Å². The van der Waals surface area contributed by atoms with E-state index < -0.39 is 5.60 Å². The lowest BCUT2D eigenvalue weighted by Gasteiger charge is -2.29. The molecule has 0 bridgehead atoms. The van der Waals surface area contributed by atoms with Gasteiger partial charge >= 0.3 is 0 Å². The molecule has 102 valence electrons. The predicted octanol–water partition coefficient (Wildman–Crippen LogP) is 2.46. The van der Waals surface area contributed by atoms with E-state index in [4.69, 9.17) is 10.5 Å². The van der Waals surface area contributed by atoms with Crippen LogP contribution in [0.3, 0.4) is 0 Å². The molecule has 0 aromatic heterocycles. The highest BCUT2D eigenvalue weighted by atomic mass is 16.5. The smallest absolute Gasteiger partial charge is 0.0767 e. The van der Waals surface area contributed by atoms with Crippen LogP contribution in [-0.2, 0) is 4.74 Å². The van der Waals surface area contributed by atoms with Gasteiger partial charge in [0.2, 0.25) is 0 Å². The van der Waals surface area contributed by atoms with Crippen molar-refractivity contribution < 1.29 is 9.84 Å². The molecule has 1 rings (SSSR count). The van der Waals surface area contributed by atoms with E-state index in [1.54, 1.807) is 0 Å². The Hall–Kier alpha value is -0.120. The van der Waals surface area contributed by atoms with Crippen LogP contribution in [0.15, 0.2) is 0 Å². The van der Waals surface area contributed by atoms with Crippen molar-refractivity contribution in [3.63, 3.8) is 0 Å². The maximum atomic E-state index is 10.0. The lowest BCUT2D eigenvalue weighted by Crippen LogP contribution is -2.37. The lowest BCUT2D eigenvalue weighted by atomic mass is 9.88. The maximum Gasteiger partial charge on any atom is 0.0767 e. The zero-order valence-corrected chi connectivity index (χ0v) is 11.5. The topological polar surface area (TPSA) is 55.5 Å². The maximum absolute atomic E-state index is 10.0. The third-order valence-electron chi connectivity index (χ3n) is 4.19. The van der Waals surface area contributed by atoms with Crippen molar-refractivity contribution in [2.45, 2.75) is 70.5 Å². The SMILES string of the molecule is CCC(O)(CN)CCCOC1CCCCC1C. The van der Waals surface area contributed by atoms with Crippen LogP contribution in [0.4, 0.5) is 0 Å². The first-order valence-corrected chi connectivity index (χ1v) is 7.15. The highest BCUT2D eigenvalue weighted by Gasteiger charge is 2.24. The summed E-state index contributed by atoms with van der Waals surface area (Å²) in [5, 5.41) is 10.0. The van der Waals surface area contributed by atoms with Crippen molar-refractivity contribution in [3.8, 4) is 0 Å². The van der Waals surface area contributed by atoms with E-state index in [0.29, 0.717) is 18.6 Å². The number of ether oxygens (including phenoxy) is 1. The van der Waals surface area contributed by atoms with E-state index >= 15 is 0 Å². The van der Waals surface area contributed by atoms with Crippen LogP contribution in [0.2, 0.25) is 0 Å². The van der Waals surface area contributed by atoms with Gasteiger partial charge in [0.15, 0.2) is 0 Å². The second-order valence-corrected chi connectivity index (χ2v) is 5.56. The zero-order valence-electron chi connectivity index (χ0n) is 11.5. The summed E-state index contributed by atoms with van der Waals surface area (Å²) in [7, 11) is 0. The first kappa shape index (κ1) is 14.9. The van der Waals surface area contributed by atoms with Crippen LogP contribution >= 0.6 is 0 Å². The third kappa shape index (κ3) is 4.94. The van der Waals surface area contributed by atoms with Gasteiger partial charge in [-0.05, 0) is 38.0 Å². The lowest BCUT2D eigenvalue weighted by molar-refractivity contribution is -0.0209. The van der Waals surface area contributed by atoms with Crippen molar-refractivity contribution in [2.75, 3.05) is 13.2 Å². The molecule has 3 atom stereocenters. The molecule has 0 saturated heterocycles. The monoisotopic (exact) mass is 243 g/mol. The van der Waals surface area contributed by atoms with Crippen molar-refractivity contribution in [1.29, 1.82) is 0 Å². The average Bonchev–Trinajstić information content (AvgIpc) is 2.36. The summed E-state index contributed by atoms with van der Waals surface area (Å²) in [4.78, 5) is 0. The second-order valence-electron chi connectivity index (χ2n) is 5.56. The van der Waals surface area contributed by atoms with Gasteiger partial charge in [-0.1, -0.05) is 26.7 Å². The standard InChI is InChI=1S/C14H29NO2/c1-3-14(16,11-15)9-6-10-17-13-8-5-4-7-12(13)2/h12-13,16H,3-11,15H2,1-2H3. The van der Waals surface area contributed by atoms with Gasteiger partial charge in [0.25, 0.3) is 0 Å². The molecule has 1 saturated carbocycles. The van der Waals surface area contributed by atoms with Crippen molar-refractivity contribution in [2.24, 2.45) is 11.7 Å². The quantitative estimate of drug-likeness (QED) is 0.675. The number of rotatable bonds is 7. The Morgan fingerprint density at radius 1 is 1.35 bits per heavy atom. The highest BCUT2D eigenvalue weighted by Crippen LogP contribution is 2.26. The van der Waals surface area contributed by atoms with Gasteiger partial charge in [0.05, 0.1) is 11.7 Å². The molecule has 0 amide bonds. The molecule has 17 heavy (non-hydrogen) atoms. The van der Waals surface area contributed by atoms with Gasteiger partial charge < -0.3 is 15.6 Å². The first-order valence-electron chi connectivity index (χ1n) is 7.15. The summed E-state index contributed by atoms with van der Waals surface area (Å²) in [5.41, 5.74) is 4.89. The minimum Gasteiger partial charge on any atom is -0.389 e. The Morgan fingerprint density at radius 2 is 2.06 bits per heavy atom. The number of nitrogens with two attached hydrogens (primary N) is 1. The second kappa shape index (κ2) is 7.34. The van der Waals surface area contributed by atoms with E-state index in [1.165, 1.54) is 25.7 Å². The summed E-state index contributed by atoms with van der Waals surface area (Å²) >= 11 is 0. The average molecular weight is 243 g/mol. The molecule has 0 spiro atoms. The molecule has 3 nitrogen and oxygen atoms in total. The Morgan fingerprint density at radius 3 is 2.65 bits per heavy atom. The molecule has 0 aromatic carbocycles. The van der Waals surface area contributed by atoms with E-state index in [9.17, 15) is 5.11 Å². The van der Waals surface area contributed by atoms with Crippen molar-refractivity contribution in [3.05, 3.63) is 0 Å². The Labute approximate surface area is 106 Å². The third-order valence-corrected chi connectivity index (χ3v) is 4.19. The molecule has 1 fully saturated rings. The Kier molecular flexibility index (Phi) is 6.45. The molecular formula is C14H29NO2. The molecule has 0 radical (unpaired) electrons. The van der Waals surface area contributed by atoms with Crippen LogP contribution < -0.4 is 5.73 Å². The van der Waals surface area contributed by atoms with Crippen LogP contribution in [-0.4, -0.2) is 30.0 Å². The molecule has 0 aliphatic heterocycles. The molecule has 0 heterocycles. The highest BCUT2D eigenvalue weighted by molar-refractivity contribution is 4.78. The fourth-order valence-electron chi connectivity index (χ4n) is 2.59. The van der Waals surface area contributed by atoms with E-state index in [0.717, 1.165) is 25.9 Å². The number of hydrogen-bond acceptors (Lipinski definition) is 3. The normalized spacial score (nSPS) is 28.9. The minimum atomic E-state index is -0.679. The summed E-state index contributed by atoms with van der Waals surface area (Å²) in [6.45, 7) is 5.38. The largest absolute Gasteiger partial charge is 0.389 e. The van der Waals surface area contributed by atoms with E-state index in [-0.39, 0.29) is 0 Å². The Bertz CT molecular complexity index is 204. The van der Waals surface area contributed by atoms with Gasteiger partial charge in [-0.3, -0.25) is 0 Å². The van der Waals surface area contributed by atoms with E-state index in [2.05, 4.69) is 6.92 Å². The number of hydrogen-bond donors (Lipinski definition) is 2. The van der Waals surface area contributed by atoms with Gasteiger partial charge in [-0.15, -0.1) is 0 Å². The van der Waals surface area contributed by atoms with E-state index in [1.807, 2.05) is 6.92 Å². The van der Waals surface area contributed by atoms with Gasteiger partial charge in [0.1, 0.15) is 0 Å². The number of aliphatic hydroxyl groups is 1. The van der Waals surface area contributed by atoms with Crippen molar-refractivity contribution in [1.82, 2.24) is 0 Å². The van der Waals surface area contributed by atoms with Crippen LogP contribution in [0, 0.1) is 5.92 Å². The molecule has 0 aromatic rings. The molecule has 3 heteroatoms. The molecule has 1 aliphatic carbocycles.